The number of benzene rings is 2. The van der Waals surface area contributed by atoms with Crippen LogP contribution in [0.5, 0.6) is 5.75 Å². The largest absolute Gasteiger partial charge is 0.493 e. The third kappa shape index (κ3) is 5.33. The number of primary amides is 1. The number of rotatable bonds is 8. The summed E-state index contributed by atoms with van der Waals surface area (Å²) < 4.78 is 33.8. The van der Waals surface area contributed by atoms with Crippen molar-refractivity contribution in [1.82, 2.24) is 4.31 Å². The molecule has 1 heterocycles. The number of hydrogen-bond donors (Lipinski definition) is 1. The van der Waals surface area contributed by atoms with Crippen molar-refractivity contribution < 1.29 is 17.9 Å². The van der Waals surface area contributed by atoms with E-state index in [2.05, 4.69) is 0 Å². The maximum absolute atomic E-state index is 13.2. The Balaban J connectivity index is 1.81. The zero-order chi connectivity index (χ0) is 21.8. The fourth-order valence-electron chi connectivity index (χ4n) is 3.86. The van der Waals surface area contributed by atoms with Crippen molar-refractivity contribution in [2.24, 2.45) is 11.1 Å². The Hall–Kier alpha value is -2.09. The van der Waals surface area contributed by atoms with Crippen LogP contribution in [0.2, 0.25) is 5.02 Å². The molecule has 3 rings (SSSR count). The zero-order valence-corrected chi connectivity index (χ0v) is 18.6. The third-order valence-corrected chi connectivity index (χ3v) is 7.62. The molecular weight excluding hydrogens is 424 g/mol. The second-order valence-corrected chi connectivity index (χ2v) is 10.2. The van der Waals surface area contributed by atoms with Crippen molar-refractivity contribution >= 4 is 27.5 Å². The molecule has 162 valence electrons. The van der Waals surface area contributed by atoms with Crippen molar-refractivity contribution in [1.29, 1.82) is 0 Å². The Labute approximate surface area is 183 Å². The molecule has 0 unspecified atom stereocenters. The van der Waals surface area contributed by atoms with Crippen LogP contribution >= 0.6 is 11.6 Å². The summed E-state index contributed by atoms with van der Waals surface area (Å²) in [7, 11) is -3.67. The molecular formula is C22H27ClN2O4S. The van der Waals surface area contributed by atoms with Crippen molar-refractivity contribution in [2.75, 3.05) is 19.7 Å². The van der Waals surface area contributed by atoms with Crippen LogP contribution in [0.25, 0.3) is 0 Å². The number of nitrogens with zero attached hydrogens (tertiary/aromatic N) is 1. The van der Waals surface area contributed by atoms with Crippen molar-refractivity contribution in [3.63, 3.8) is 0 Å². The molecule has 2 N–H and O–H groups in total. The molecule has 0 radical (unpaired) electrons. The lowest BCUT2D eigenvalue weighted by molar-refractivity contribution is -0.121. The van der Waals surface area contributed by atoms with Crippen molar-refractivity contribution in [3.8, 4) is 5.75 Å². The van der Waals surface area contributed by atoms with Crippen LogP contribution < -0.4 is 10.5 Å². The molecule has 1 aliphatic heterocycles. The first-order chi connectivity index (χ1) is 14.2. The molecule has 0 aliphatic carbocycles. The van der Waals surface area contributed by atoms with E-state index >= 15 is 0 Å². The number of aryl methyl sites for hydroxylation is 1. The average molecular weight is 451 g/mol. The minimum absolute atomic E-state index is 0.0569. The molecule has 0 aromatic heterocycles. The second kappa shape index (κ2) is 9.37. The number of hydrogen-bond acceptors (Lipinski definition) is 4. The highest BCUT2D eigenvalue weighted by Gasteiger charge is 2.42. The van der Waals surface area contributed by atoms with Gasteiger partial charge in [-0.2, -0.15) is 4.31 Å². The minimum Gasteiger partial charge on any atom is -0.493 e. The van der Waals surface area contributed by atoms with E-state index in [4.69, 9.17) is 22.1 Å². The van der Waals surface area contributed by atoms with Gasteiger partial charge in [-0.1, -0.05) is 30.7 Å². The van der Waals surface area contributed by atoms with Gasteiger partial charge in [0.2, 0.25) is 15.9 Å². The van der Waals surface area contributed by atoms with Gasteiger partial charge in [0.25, 0.3) is 0 Å². The molecule has 1 amide bonds. The van der Waals surface area contributed by atoms with E-state index in [0.717, 1.165) is 12.0 Å². The quantitative estimate of drug-likeness (QED) is 0.665. The molecule has 0 spiro atoms. The molecule has 30 heavy (non-hydrogen) atoms. The number of halogens is 1. The van der Waals surface area contributed by atoms with Gasteiger partial charge >= 0.3 is 0 Å². The van der Waals surface area contributed by atoms with E-state index in [0.29, 0.717) is 30.2 Å². The van der Waals surface area contributed by atoms with Crippen LogP contribution in [0, 0.1) is 5.41 Å². The van der Waals surface area contributed by atoms with Crippen LogP contribution in [0.4, 0.5) is 0 Å². The monoisotopic (exact) mass is 450 g/mol. The van der Waals surface area contributed by atoms with Gasteiger partial charge in [-0.15, -0.1) is 0 Å². The second-order valence-electron chi connectivity index (χ2n) is 7.83. The molecule has 1 atom stereocenters. The van der Waals surface area contributed by atoms with Gasteiger partial charge < -0.3 is 10.5 Å². The maximum atomic E-state index is 13.2. The predicted octanol–water partition coefficient (Wildman–Crippen LogP) is 3.63. The number of piperidine rings is 1. The fourth-order valence-corrected chi connectivity index (χ4v) is 5.58. The maximum Gasteiger partial charge on any atom is 0.243 e. The van der Waals surface area contributed by atoms with Gasteiger partial charge in [0.1, 0.15) is 5.75 Å². The SMILES string of the molecule is CCc1ccc(S(=O)(=O)N2CCC[C@@](COc3ccc(Cl)cc3)(CC(N)=O)C2)cc1. The summed E-state index contributed by atoms with van der Waals surface area (Å²) in [6.07, 6.45) is 2.18. The van der Waals surface area contributed by atoms with Crippen LogP contribution in [0.3, 0.4) is 0 Å². The Morgan fingerprint density at radius 1 is 1.17 bits per heavy atom. The van der Waals surface area contributed by atoms with E-state index in [1.165, 1.54) is 4.31 Å². The van der Waals surface area contributed by atoms with Gasteiger partial charge in [0.15, 0.2) is 0 Å². The lowest BCUT2D eigenvalue weighted by Crippen LogP contribution is -2.50. The Morgan fingerprint density at radius 3 is 2.43 bits per heavy atom. The first kappa shape index (κ1) is 22.6. The van der Waals surface area contributed by atoms with Crippen LogP contribution in [0.1, 0.15) is 31.7 Å². The molecule has 2 aromatic rings. The standard InChI is InChI=1S/C22H27ClN2O4S/c1-2-17-4-10-20(11-5-17)30(27,28)25-13-3-12-22(15-25,14-21(24)26)16-29-19-8-6-18(23)7-9-19/h4-11H,2-3,12-16H2,1H3,(H2,24,26)/t22-/m1/s1. The molecule has 1 aliphatic rings. The molecule has 8 heteroatoms. The van der Waals surface area contributed by atoms with Gasteiger partial charge in [-0.25, -0.2) is 8.42 Å². The first-order valence-electron chi connectivity index (χ1n) is 10.00. The summed E-state index contributed by atoms with van der Waals surface area (Å²) in [6, 6.07) is 13.9. The van der Waals surface area contributed by atoms with Gasteiger partial charge in [-0.05, 0) is 61.2 Å². The molecule has 1 saturated heterocycles. The number of amides is 1. The third-order valence-electron chi connectivity index (χ3n) is 5.50. The van der Waals surface area contributed by atoms with Gasteiger partial charge in [-0.3, -0.25) is 4.79 Å². The smallest absolute Gasteiger partial charge is 0.243 e. The Kier molecular flexibility index (Phi) is 7.06. The number of carbonyl (C=O) groups is 1. The van der Waals surface area contributed by atoms with E-state index in [1.807, 2.05) is 19.1 Å². The lowest BCUT2D eigenvalue weighted by atomic mass is 9.78. The highest BCUT2D eigenvalue weighted by molar-refractivity contribution is 7.89. The number of sulfonamides is 1. The summed E-state index contributed by atoms with van der Waals surface area (Å²) >= 11 is 5.91. The van der Waals surface area contributed by atoms with Gasteiger partial charge in [0.05, 0.1) is 11.5 Å². The van der Waals surface area contributed by atoms with E-state index in [1.54, 1.807) is 36.4 Å². The van der Waals surface area contributed by atoms with E-state index < -0.39 is 21.3 Å². The molecule has 6 nitrogen and oxygen atoms in total. The van der Waals surface area contributed by atoms with E-state index in [-0.39, 0.29) is 24.5 Å². The highest BCUT2D eigenvalue weighted by Crippen LogP contribution is 2.36. The summed E-state index contributed by atoms with van der Waals surface area (Å²) in [5.74, 6) is 0.139. The van der Waals surface area contributed by atoms with Crippen LogP contribution in [0.15, 0.2) is 53.4 Å². The van der Waals surface area contributed by atoms with Crippen LogP contribution in [-0.4, -0.2) is 38.3 Å². The molecule has 1 fully saturated rings. The fraction of sp³-hybridized carbons (Fsp3) is 0.409. The molecule has 0 bridgehead atoms. The number of ether oxygens (including phenoxy) is 1. The number of nitrogens with two attached hydrogens (primary N) is 1. The Morgan fingerprint density at radius 2 is 1.83 bits per heavy atom. The summed E-state index contributed by atoms with van der Waals surface area (Å²) in [5.41, 5.74) is 5.91. The first-order valence-corrected chi connectivity index (χ1v) is 11.8. The van der Waals surface area contributed by atoms with Crippen LogP contribution in [-0.2, 0) is 21.2 Å². The van der Waals surface area contributed by atoms with Crippen molar-refractivity contribution in [2.45, 2.75) is 37.5 Å². The van der Waals surface area contributed by atoms with Gasteiger partial charge in [0, 0.05) is 29.9 Å². The Bertz CT molecular complexity index is 977. The average Bonchev–Trinajstić information content (AvgIpc) is 2.73. The molecule has 0 saturated carbocycles. The predicted molar refractivity (Wildman–Crippen MR) is 117 cm³/mol. The zero-order valence-electron chi connectivity index (χ0n) is 17.0. The summed E-state index contributed by atoms with van der Waals surface area (Å²) in [6.45, 7) is 2.80. The van der Waals surface area contributed by atoms with Crippen molar-refractivity contribution in [3.05, 3.63) is 59.1 Å². The molecule has 2 aromatic carbocycles. The van der Waals surface area contributed by atoms with E-state index in [9.17, 15) is 13.2 Å². The minimum atomic E-state index is -3.67. The normalized spacial score (nSPS) is 20.1. The highest BCUT2D eigenvalue weighted by atomic mass is 35.5. The summed E-state index contributed by atoms with van der Waals surface area (Å²) in [4.78, 5) is 12.1. The lowest BCUT2D eigenvalue weighted by Gasteiger charge is -2.41. The topological polar surface area (TPSA) is 89.7 Å². The summed E-state index contributed by atoms with van der Waals surface area (Å²) in [5, 5.41) is 0.596. The number of carbonyl (C=O) groups excluding carboxylic acids is 1.